The van der Waals surface area contributed by atoms with Gasteiger partial charge in [-0.3, -0.25) is 0 Å². The van der Waals surface area contributed by atoms with E-state index in [2.05, 4.69) is 37.3 Å². The highest BCUT2D eigenvalue weighted by Crippen LogP contribution is 2.34. The highest BCUT2D eigenvalue weighted by molar-refractivity contribution is 5.22. The van der Waals surface area contributed by atoms with Crippen LogP contribution in [-0.2, 0) is 12.8 Å². The Balaban J connectivity index is 1.54. The first-order valence-corrected chi connectivity index (χ1v) is 10.4. The Bertz CT molecular complexity index is 526. The first kappa shape index (κ1) is 19.8. The molecule has 1 aliphatic rings. The Hall–Kier alpha value is -1.55. The van der Waals surface area contributed by atoms with Crippen molar-refractivity contribution >= 4 is 0 Å². The number of hydrogen-bond acceptors (Lipinski definition) is 1. The molecule has 1 aliphatic carbocycles. The molecule has 1 heteroatoms. The third-order valence-electron chi connectivity index (χ3n) is 5.79. The third kappa shape index (κ3) is 7.91. The van der Waals surface area contributed by atoms with Crippen LogP contribution in [0, 0.1) is 23.2 Å². The van der Waals surface area contributed by atoms with Crippen LogP contribution in [0.25, 0.3) is 0 Å². The zero-order valence-corrected chi connectivity index (χ0v) is 16.1. The van der Waals surface area contributed by atoms with Crippen molar-refractivity contribution in [3.8, 4) is 6.07 Å². The smallest absolute Gasteiger partial charge is 0.0908 e. The van der Waals surface area contributed by atoms with E-state index in [4.69, 9.17) is 5.26 Å². The van der Waals surface area contributed by atoms with Gasteiger partial charge < -0.3 is 0 Å². The monoisotopic (exact) mass is 337 g/mol. The average molecular weight is 338 g/mol. The molecule has 0 unspecified atom stereocenters. The van der Waals surface area contributed by atoms with E-state index in [1.807, 2.05) is 6.08 Å². The van der Waals surface area contributed by atoms with Crippen LogP contribution in [0.1, 0.15) is 82.3 Å². The van der Waals surface area contributed by atoms with Gasteiger partial charge in [0, 0.05) is 6.08 Å². The summed E-state index contributed by atoms with van der Waals surface area (Å²) in [5, 5.41) is 8.51. The summed E-state index contributed by atoms with van der Waals surface area (Å²) < 4.78 is 0. The van der Waals surface area contributed by atoms with Gasteiger partial charge in [0.2, 0.25) is 0 Å². The summed E-state index contributed by atoms with van der Waals surface area (Å²) in [6, 6.07) is 11.4. The molecule has 0 aliphatic heterocycles. The maximum absolute atomic E-state index is 8.51. The molecule has 0 amide bonds. The summed E-state index contributed by atoms with van der Waals surface area (Å²) in [7, 11) is 0. The number of hydrogen-bond donors (Lipinski definition) is 0. The van der Waals surface area contributed by atoms with Crippen LogP contribution in [0.15, 0.2) is 36.4 Å². The molecule has 1 fully saturated rings. The van der Waals surface area contributed by atoms with E-state index in [1.54, 1.807) is 6.08 Å². The predicted molar refractivity (Wildman–Crippen MR) is 107 cm³/mol. The molecule has 0 bridgehead atoms. The lowest BCUT2D eigenvalue weighted by atomic mass is 9.78. The van der Waals surface area contributed by atoms with Crippen LogP contribution in [-0.4, -0.2) is 0 Å². The second-order valence-corrected chi connectivity index (χ2v) is 7.81. The number of nitriles is 1. The van der Waals surface area contributed by atoms with Gasteiger partial charge in [-0.25, -0.2) is 0 Å². The number of rotatable bonds is 10. The van der Waals surface area contributed by atoms with Crippen molar-refractivity contribution in [2.75, 3.05) is 0 Å². The fraction of sp³-hybridized carbons (Fsp3) is 0.625. The van der Waals surface area contributed by atoms with E-state index in [-0.39, 0.29) is 0 Å². The molecular weight excluding hydrogens is 302 g/mol. The quantitative estimate of drug-likeness (QED) is 0.332. The van der Waals surface area contributed by atoms with Crippen molar-refractivity contribution in [1.29, 1.82) is 5.26 Å². The molecule has 136 valence electrons. The summed E-state index contributed by atoms with van der Waals surface area (Å²) in [5.41, 5.74) is 2.99. The molecule has 1 aromatic carbocycles. The topological polar surface area (TPSA) is 23.8 Å². The SMILES string of the molecule is CCCc1ccc(CCCC[C@H]2CC[C@H](CC/C=C/C#N)CC2)cc1. The van der Waals surface area contributed by atoms with Gasteiger partial charge >= 0.3 is 0 Å². The highest BCUT2D eigenvalue weighted by atomic mass is 14.3. The molecule has 0 saturated heterocycles. The van der Waals surface area contributed by atoms with Gasteiger partial charge in [-0.2, -0.15) is 5.26 Å². The van der Waals surface area contributed by atoms with Gasteiger partial charge in [0.1, 0.15) is 0 Å². The number of benzene rings is 1. The minimum absolute atomic E-state index is 0.904. The summed E-state index contributed by atoms with van der Waals surface area (Å²) in [5.74, 6) is 1.87. The van der Waals surface area contributed by atoms with E-state index in [0.29, 0.717) is 0 Å². The van der Waals surface area contributed by atoms with E-state index < -0.39 is 0 Å². The number of aryl methyl sites for hydroxylation is 2. The molecule has 25 heavy (non-hydrogen) atoms. The number of allylic oxidation sites excluding steroid dienone is 2. The van der Waals surface area contributed by atoms with E-state index >= 15 is 0 Å². The van der Waals surface area contributed by atoms with Crippen molar-refractivity contribution in [1.82, 2.24) is 0 Å². The predicted octanol–water partition coefficient (Wildman–Crippen LogP) is 7.02. The fourth-order valence-corrected chi connectivity index (χ4v) is 4.20. The lowest BCUT2D eigenvalue weighted by molar-refractivity contribution is 0.250. The maximum atomic E-state index is 8.51. The molecule has 1 saturated carbocycles. The molecule has 1 nitrogen and oxygen atoms in total. The standard InChI is InChI=1S/C24H35N/c1-2-8-21-12-14-23(15-13-21)10-5-6-11-24-18-16-22(17-19-24)9-4-3-7-20-25/h3,7,12-15,22,24H,2,4-6,8-11,16-19H2,1H3/b7-3+/t22-,24-. The number of unbranched alkanes of at least 4 members (excludes halogenated alkanes) is 1. The summed E-state index contributed by atoms with van der Waals surface area (Å²) in [6.45, 7) is 2.24. The van der Waals surface area contributed by atoms with Crippen LogP contribution in [0.3, 0.4) is 0 Å². The van der Waals surface area contributed by atoms with Crippen molar-refractivity contribution in [3.05, 3.63) is 47.5 Å². The van der Waals surface area contributed by atoms with Crippen molar-refractivity contribution < 1.29 is 0 Å². The van der Waals surface area contributed by atoms with Crippen molar-refractivity contribution in [2.45, 2.75) is 84.0 Å². The Morgan fingerprint density at radius 1 is 0.920 bits per heavy atom. The van der Waals surface area contributed by atoms with Gasteiger partial charge in [-0.15, -0.1) is 0 Å². The lowest BCUT2D eigenvalue weighted by Gasteiger charge is -2.28. The van der Waals surface area contributed by atoms with Gasteiger partial charge in [-0.1, -0.05) is 82.2 Å². The minimum atomic E-state index is 0.904. The van der Waals surface area contributed by atoms with Crippen LogP contribution < -0.4 is 0 Å². The van der Waals surface area contributed by atoms with Crippen molar-refractivity contribution in [3.63, 3.8) is 0 Å². The van der Waals surface area contributed by atoms with Gasteiger partial charge in [0.15, 0.2) is 0 Å². The second kappa shape index (κ2) is 11.9. The van der Waals surface area contributed by atoms with Gasteiger partial charge in [0.25, 0.3) is 0 Å². The largest absolute Gasteiger partial charge is 0.193 e. The van der Waals surface area contributed by atoms with E-state index in [9.17, 15) is 0 Å². The highest BCUT2D eigenvalue weighted by Gasteiger charge is 2.20. The molecule has 0 atom stereocenters. The summed E-state index contributed by atoms with van der Waals surface area (Å²) >= 11 is 0. The Morgan fingerprint density at radius 2 is 1.52 bits per heavy atom. The number of nitrogens with zero attached hydrogens (tertiary/aromatic N) is 1. The first-order chi connectivity index (χ1) is 12.3. The summed E-state index contributed by atoms with van der Waals surface area (Å²) in [4.78, 5) is 0. The molecule has 0 aromatic heterocycles. The third-order valence-corrected chi connectivity index (χ3v) is 5.79. The molecule has 1 aromatic rings. The average Bonchev–Trinajstić information content (AvgIpc) is 2.65. The van der Waals surface area contributed by atoms with Crippen LogP contribution in [0.4, 0.5) is 0 Å². The summed E-state index contributed by atoms with van der Waals surface area (Å²) in [6.07, 6.45) is 19.5. The Kier molecular flexibility index (Phi) is 9.42. The van der Waals surface area contributed by atoms with Crippen LogP contribution >= 0.6 is 0 Å². The van der Waals surface area contributed by atoms with Gasteiger partial charge in [-0.05, 0) is 55.1 Å². The van der Waals surface area contributed by atoms with Gasteiger partial charge in [0.05, 0.1) is 6.07 Å². The fourth-order valence-electron chi connectivity index (χ4n) is 4.20. The van der Waals surface area contributed by atoms with E-state index in [0.717, 1.165) is 18.3 Å². The molecule has 0 N–H and O–H groups in total. The van der Waals surface area contributed by atoms with Crippen molar-refractivity contribution in [2.24, 2.45) is 11.8 Å². The van der Waals surface area contributed by atoms with Crippen LogP contribution in [0.2, 0.25) is 0 Å². The molecule has 0 spiro atoms. The second-order valence-electron chi connectivity index (χ2n) is 7.81. The minimum Gasteiger partial charge on any atom is -0.193 e. The molecule has 0 heterocycles. The van der Waals surface area contributed by atoms with E-state index in [1.165, 1.54) is 81.8 Å². The normalized spacial score (nSPS) is 20.6. The molecule has 2 rings (SSSR count). The molecular formula is C24H35N. The Labute approximate surface area is 155 Å². The van der Waals surface area contributed by atoms with Crippen LogP contribution in [0.5, 0.6) is 0 Å². The molecule has 0 radical (unpaired) electrons. The first-order valence-electron chi connectivity index (χ1n) is 10.4. The maximum Gasteiger partial charge on any atom is 0.0908 e. The zero-order chi connectivity index (χ0) is 17.7. The zero-order valence-electron chi connectivity index (χ0n) is 16.1. The Morgan fingerprint density at radius 3 is 2.12 bits per heavy atom. The lowest BCUT2D eigenvalue weighted by Crippen LogP contribution is -2.14.